The quantitative estimate of drug-likeness (QED) is 0.789. The molecule has 3 nitrogen and oxygen atoms in total. The Labute approximate surface area is 112 Å². The molecule has 0 saturated carbocycles. The molecule has 1 aromatic heterocycles. The lowest BCUT2D eigenvalue weighted by Crippen LogP contribution is -2.20. The van der Waals surface area contributed by atoms with Gasteiger partial charge < -0.3 is 9.30 Å². The van der Waals surface area contributed by atoms with Crippen LogP contribution in [-0.4, -0.2) is 11.7 Å². The minimum Gasteiger partial charge on any atom is -0.495 e. The molecule has 3 heteroatoms. The molecule has 0 N–H and O–H groups in total. The molecule has 0 spiro atoms. The van der Waals surface area contributed by atoms with E-state index in [9.17, 15) is 4.79 Å². The Hall–Kier alpha value is -2.29. The van der Waals surface area contributed by atoms with E-state index in [0.29, 0.717) is 11.3 Å². The van der Waals surface area contributed by atoms with Crippen LogP contribution in [0.15, 0.2) is 47.3 Å². The highest BCUT2D eigenvalue weighted by atomic mass is 16.5. The van der Waals surface area contributed by atoms with Crippen molar-refractivity contribution in [3.8, 4) is 5.75 Å². The van der Waals surface area contributed by atoms with Crippen LogP contribution in [0.1, 0.15) is 12.5 Å². The molecular weight excluding hydrogens is 238 g/mol. The van der Waals surface area contributed by atoms with Gasteiger partial charge in [-0.1, -0.05) is 30.4 Å². The molecule has 2 aromatic rings. The van der Waals surface area contributed by atoms with Crippen LogP contribution in [0, 0.1) is 0 Å². The van der Waals surface area contributed by atoms with E-state index in [0.717, 1.165) is 16.5 Å². The molecule has 1 heterocycles. The van der Waals surface area contributed by atoms with Gasteiger partial charge in [0.15, 0.2) is 0 Å². The second-order valence-corrected chi connectivity index (χ2v) is 4.51. The Bertz CT molecular complexity index is 723. The second kappa shape index (κ2) is 5.14. The minimum atomic E-state index is -0.0759. The third-order valence-corrected chi connectivity index (χ3v) is 3.03. The van der Waals surface area contributed by atoms with Gasteiger partial charge in [-0.05, 0) is 25.1 Å². The predicted octanol–water partition coefficient (Wildman–Crippen LogP) is 3.14. The number of aromatic nitrogens is 1. The number of pyridine rings is 1. The monoisotopic (exact) mass is 255 g/mol. The van der Waals surface area contributed by atoms with E-state index < -0.39 is 0 Å². The van der Waals surface area contributed by atoms with Crippen molar-refractivity contribution < 1.29 is 4.74 Å². The number of hydrogen-bond acceptors (Lipinski definition) is 2. The first kappa shape index (κ1) is 13.1. The summed E-state index contributed by atoms with van der Waals surface area (Å²) in [6.07, 6.45) is 3.57. The van der Waals surface area contributed by atoms with E-state index in [2.05, 4.69) is 6.58 Å². The lowest BCUT2D eigenvalue weighted by atomic mass is 10.1. The van der Waals surface area contributed by atoms with Crippen LogP contribution in [0.25, 0.3) is 17.0 Å². The fraction of sp³-hybridized carbons (Fsp3) is 0.188. The molecule has 0 bridgehead atoms. The lowest BCUT2D eigenvalue weighted by Gasteiger charge is -2.12. The topological polar surface area (TPSA) is 31.2 Å². The van der Waals surface area contributed by atoms with Crippen molar-refractivity contribution in [2.45, 2.75) is 6.92 Å². The van der Waals surface area contributed by atoms with E-state index in [4.69, 9.17) is 4.74 Å². The number of ether oxygens (including phenoxy) is 1. The molecule has 0 aliphatic heterocycles. The molecular formula is C16H17NO2. The van der Waals surface area contributed by atoms with Crippen molar-refractivity contribution in [1.82, 2.24) is 4.57 Å². The Kier molecular flexibility index (Phi) is 3.56. The normalized spacial score (nSPS) is 11.1. The van der Waals surface area contributed by atoms with E-state index in [1.807, 2.05) is 37.3 Å². The van der Waals surface area contributed by atoms with E-state index in [-0.39, 0.29) is 5.56 Å². The van der Waals surface area contributed by atoms with Gasteiger partial charge in [0.1, 0.15) is 5.75 Å². The number of allylic oxidation sites excluding steroid dienone is 2. The number of hydrogen-bond donors (Lipinski definition) is 0. The summed E-state index contributed by atoms with van der Waals surface area (Å²) < 4.78 is 7.07. The Morgan fingerprint density at radius 3 is 2.68 bits per heavy atom. The number of rotatable bonds is 3. The van der Waals surface area contributed by atoms with Gasteiger partial charge in [0.25, 0.3) is 5.56 Å². The minimum absolute atomic E-state index is 0.0759. The van der Waals surface area contributed by atoms with Crippen molar-refractivity contribution in [3.63, 3.8) is 0 Å². The highest BCUT2D eigenvalue weighted by molar-refractivity contribution is 5.89. The van der Waals surface area contributed by atoms with Crippen LogP contribution >= 0.6 is 0 Å². The first-order valence-electron chi connectivity index (χ1n) is 6.05. The standard InChI is InChI=1S/C16H17NO2/c1-11(2)9-10-13-15(19-4)12-7-5-6-8-14(12)17(3)16(13)18/h5-10H,1H2,2-4H3/b10-9+. The summed E-state index contributed by atoms with van der Waals surface area (Å²) in [5.74, 6) is 0.608. The highest BCUT2D eigenvalue weighted by Gasteiger charge is 2.13. The summed E-state index contributed by atoms with van der Waals surface area (Å²) in [6.45, 7) is 5.69. The molecule has 19 heavy (non-hydrogen) atoms. The molecule has 0 atom stereocenters. The van der Waals surface area contributed by atoms with E-state index >= 15 is 0 Å². The van der Waals surface area contributed by atoms with Gasteiger partial charge in [-0.25, -0.2) is 0 Å². The number of fused-ring (bicyclic) bond motifs is 1. The number of methoxy groups -OCH3 is 1. The molecule has 0 saturated heterocycles. The maximum Gasteiger partial charge on any atom is 0.261 e. The summed E-state index contributed by atoms with van der Waals surface area (Å²) in [6, 6.07) is 7.70. The molecule has 1 aromatic carbocycles. The number of nitrogens with zero attached hydrogens (tertiary/aromatic N) is 1. The van der Waals surface area contributed by atoms with Gasteiger partial charge >= 0.3 is 0 Å². The summed E-state index contributed by atoms with van der Waals surface area (Å²) in [7, 11) is 3.35. The van der Waals surface area contributed by atoms with Crippen molar-refractivity contribution in [2.24, 2.45) is 7.05 Å². The summed E-state index contributed by atoms with van der Waals surface area (Å²) in [5, 5.41) is 0.925. The zero-order valence-electron chi connectivity index (χ0n) is 11.4. The maximum atomic E-state index is 12.4. The molecule has 0 radical (unpaired) electrons. The van der Waals surface area contributed by atoms with Crippen LogP contribution in [0.4, 0.5) is 0 Å². The number of para-hydroxylation sites is 1. The fourth-order valence-corrected chi connectivity index (χ4v) is 2.08. The van der Waals surface area contributed by atoms with Gasteiger partial charge in [0.2, 0.25) is 0 Å². The summed E-state index contributed by atoms with van der Waals surface area (Å²) >= 11 is 0. The van der Waals surface area contributed by atoms with Gasteiger partial charge in [0.05, 0.1) is 18.2 Å². The van der Waals surface area contributed by atoms with Gasteiger partial charge in [-0.3, -0.25) is 4.79 Å². The van der Waals surface area contributed by atoms with E-state index in [1.54, 1.807) is 24.8 Å². The third kappa shape index (κ3) is 2.32. The largest absolute Gasteiger partial charge is 0.495 e. The first-order chi connectivity index (χ1) is 9.06. The smallest absolute Gasteiger partial charge is 0.261 e. The number of benzene rings is 1. The number of aryl methyl sites for hydroxylation is 1. The van der Waals surface area contributed by atoms with Crippen molar-refractivity contribution in [3.05, 3.63) is 58.4 Å². The van der Waals surface area contributed by atoms with Gasteiger partial charge in [-0.2, -0.15) is 0 Å². The van der Waals surface area contributed by atoms with Gasteiger partial charge in [-0.15, -0.1) is 0 Å². The van der Waals surface area contributed by atoms with Crippen LogP contribution in [0.3, 0.4) is 0 Å². The molecule has 2 rings (SSSR count). The Morgan fingerprint density at radius 1 is 1.37 bits per heavy atom. The van der Waals surface area contributed by atoms with Crippen molar-refractivity contribution in [1.29, 1.82) is 0 Å². The van der Waals surface area contributed by atoms with Crippen molar-refractivity contribution in [2.75, 3.05) is 7.11 Å². The predicted molar refractivity (Wildman–Crippen MR) is 79.6 cm³/mol. The van der Waals surface area contributed by atoms with Crippen LogP contribution in [0.5, 0.6) is 5.75 Å². The molecule has 0 fully saturated rings. The average Bonchev–Trinajstić information content (AvgIpc) is 2.41. The van der Waals surface area contributed by atoms with Crippen molar-refractivity contribution >= 4 is 17.0 Å². The fourth-order valence-electron chi connectivity index (χ4n) is 2.08. The molecule has 0 unspecified atom stereocenters. The summed E-state index contributed by atoms with van der Waals surface area (Å²) in [4.78, 5) is 12.4. The highest BCUT2D eigenvalue weighted by Crippen LogP contribution is 2.27. The van der Waals surface area contributed by atoms with Crippen LogP contribution in [0.2, 0.25) is 0 Å². The van der Waals surface area contributed by atoms with Crippen LogP contribution < -0.4 is 10.3 Å². The first-order valence-corrected chi connectivity index (χ1v) is 6.05. The average molecular weight is 255 g/mol. The second-order valence-electron chi connectivity index (χ2n) is 4.51. The van der Waals surface area contributed by atoms with Crippen LogP contribution in [-0.2, 0) is 7.05 Å². The van der Waals surface area contributed by atoms with Gasteiger partial charge in [0, 0.05) is 12.4 Å². The Balaban J connectivity index is 2.87. The maximum absolute atomic E-state index is 12.4. The SMILES string of the molecule is C=C(C)/C=C/c1c(OC)c2ccccc2n(C)c1=O. The zero-order chi connectivity index (χ0) is 14.0. The third-order valence-electron chi connectivity index (χ3n) is 3.03. The van der Waals surface area contributed by atoms with E-state index in [1.165, 1.54) is 0 Å². The lowest BCUT2D eigenvalue weighted by molar-refractivity contribution is 0.417. The zero-order valence-corrected chi connectivity index (χ0v) is 11.4. The summed E-state index contributed by atoms with van der Waals surface area (Å²) in [5.41, 5.74) is 2.22. The molecule has 0 amide bonds. The Morgan fingerprint density at radius 2 is 2.05 bits per heavy atom. The molecule has 0 aliphatic carbocycles. The molecule has 0 aliphatic rings. The molecule has 98 valence electrons.